The molecule has 1 heterocycles. The van der Waals surface area contributed by atoms with E-state index in [0.29, 0.717) is 6.42 Å². The third-order valence-corrected chi connectivity index (χ3v) is 1.78. The van der Waals surface area contributed by atoms with E-state index in [4.69, 9.17) is 14.9 Å². The van der Waals surface area contributed by atoms with Gasteiger partial charge in [-0.25, -0.2) is 0 Å². The molecule has 4 atom stereocenters. The minimum atomic E-state index is -1.05. The number of quaternary nitrogens is 1. The molecule has 4 nitrogen and oxygen atoms in total. The predicted octanol–water partition coefficient (Wildman–Crippen LogP) is -1.91. The third-order valence-electron chi connectivity index (χ3n) is 1.78. The predicted molar refractivity (Wildman–Crippen MR) is 33.9 cm³/mol. The Bertz CT molecular complexity index is 108. The molecule has 4 heteroatoms. The maximum absolute atomic E-state index is 9.13. The first-order valence-corrected chi connectivity index (χ1v) is 3.46. The fraction of sp³-hybridized carbons (Fsp3) is 1.00. The van der Waals surface area contributed by atoms with Crippen LogP contribution >= 0.6 is 0 Å². The van der Waals surface area contributed by atoms with Crippen LogP contribution in [0.5, 0.6) is 0 Å². The average Bonchev–Trinajstić information content (AvgIpc) is 1.82. The largest absolute Gasteiger partial charge is 0.382 e. The molecule has 0 aromatic carbocycles. The van der Waals surface area contributed by atoms with Crippen molar-refractivity contribution in [3.8, 4) is 0 Å². The van der Waals surface area contributed by atoms with Crippen LogP contribution in [0.15, 0.2) is 0 Å². The van der Waals surface area contributed by atoms with E-state index >= 15 is 0 Å². The SMILES string of the molecule is C[C@@H]1C[C@H]([NH3+])[C@@H](O)[C@@H](O)O1. The van der Waals surface area contributed by atoms with Crippen molar-refractivity contribution in [2.45, 2.75) is 37.9 Å². The van der Waals surface area contributed by atoms with Gasteiger partial charge in [-0.15, -0.1) is 0 Å². The van der Waals surface area contributed by atoms with Gasteiger partial charge in [0.2, 0.25) is 0 Å². The average molecular weight is 148 g/mol. The highest BCUT2D eigenvalue weighted by atomic mass is 16.6. The Kier molecular flexibility index (Phi) is 2.25. The van der Waals surface area contributed by atoms with Crippen molar-refractivity contribution in [3.63, 3.8) is 0 Å². The highest BCUT2D eigenvalue weighted by Crippen LogP contribution is 2.15. The lowest BCUT2D eigenvalue weighted by Gasteiger charge is -2.30. The molecule has 0 bridgehead atoms. The Morgan fingerprint density at radius 1 is 1.50 bits per heavy atom. The minimum absolute atomic E-state index is 0.000833. The summed E-state index contributed by atoms with van der Waals surface area (Å²) in [5.74, 6) is 0. The Hall–Kier alpha value is -0.160. The Balaban J connectivity index is 2.49. The van der Waals surface area contributed by atoms with Gasteiger partial charge in [0.15, 0.2) is 12.4 Å². The lowest BCUT2D eigenvalue weighted by atomic mass is 10.0. The van der Waals surface area contributed by atoms with Crippen LogP contribution in [-0.4, -0.2) is 34.8 Å². The van der Waals surface area contributed by atoms with Crippen LogP contribution in [0.25, 0.3) is 0 Å². The van der Waals surface area contributed by atoms with E-state index in [-0.39, 0.29) is 12.1 Å². The summed E-state index contributed by atoms with van der Waals surface area (Å²) in [7, 11) is 0. The molecular weight excluding hydrogens is 134 g/mol. The standard InChI is InChI=1S/C6H13NO3/c1-3-2-4(7)5(8)6(9)10-3/h3-6,8-9H,2,7H2,1H3/p+1/t3-,4+,5-,6+/m1/s1. The molecule has 1 aliphatic heterocycles. The highest BCUT2D eigenvalue weighted by molar-refractivity contribution is 4.76. The fourth-order valence-electron chi connectivity index (χ4n) is 1.17. The van der Waals surface area contributed by atoms with Crippen LogP contribution in [0.3, 0.4) is 0 Å². The third kappa shape index (κ3) is 1.46. The van der Waals surface area contributed by atoms with E-state index in [9.17, 15) is 0 Å². The summed E-state index contributed by atoms with van der Waals surface area (Å²) in [6.07, 6.45) is -1.17. The topological polar surface area (TPSA) is 77.3 Å². The van der Waals surface area contributed by atoms with Crippen molar-refractivity contribution in [2.24, 2.45) is 0 Å². The first kappa shape index (κ1) is 7.94. The molecule has 0 aromatic rings. The Morgan fingerprint density at radius 2 is 2.10 bits per heavy atom. The zero-order valence-corrected chi connectivity index (χ0v) is 6.03. The molecule has 1 aliphatic rings. The zero-order valence-electron chi connectivity index (χ0n) is 6.03. The van der Waals surface area contributed by atoms with E-state index in [2.05, 4.69) is 5.73 Å². The first-order valence-electron chi connectivity index (χ1n) is 3.46. The summed E-state index contributed by atoms with van der Waals surface area (Å²) in [6, 6.07) is -0.112. The van der Waals surface area contributed by atoms with Crippen molar-refractivity contribution < 1.29 is 20.7 Å². The monoisotopic (exact) mass is 148 g/mol. The molecule has 10 heavy (non-hydrogen) atoms. The van der Waals surface area contributed by atoms with E-state index in [0.717, 1.165) is 0 Å². The van der Waals surface area contributed by atoms with Crippen molar-refractivity contribution >= 4 is 0 Å². The van der Waals surface area contributed by atoms with Crippen LogP contribution < -0.4 is 5.73 Å². The van der Waals surface area contributed by atoms with Crippen molar-refractivity contribution in [2.75, 3.05) is 0 Å². The molecule has 0 aliphatic carbocycles. The molecule has 0 amide bonds. The summed E-state index contributed by atoms with van der Waals surface area (Å²) < 4.78 is 4.93. The van der Waals surface area contributed by atoms with Crippen molar-refractivity contribution in [1.29, 1.82) is 0 Å². The molecular formula is C6H14NO3+. The maximum atomic E-state index is 9.13. The smallest absolute Gasteiger partial charge is 0.187 e. The van der Waals surface area contributed by atoms with Gasteiger partial charge in [0.05, 0.1) is 6.10 Å². The molecule has 1 rings (SSSR count). The van der Waals surface area contributed by atoms with Crippen LogP contribution in [0.2, 0.25) is 0 Å². The molecule has 0 unspecified atom stereocenters. The Labute approximate surface area is 59.6 Å². The summed E-state index contributed by atoms with van der Waals surface area (Å²) in [6.45, 7) is 1.85. The number of rotatable bonds is 0. The number of ether oxygens (including phenoxy) is 1. The molecule has 1 fully saturated rings. The van der Waals surface area contributed by atoms with Crippen molar-refractivity contribution in [3.05, 3.63) is 0 Å². The molecule has 0 radical (unpaired) electrons. The van der Waals surface area contributed by atoms with Crippen LogP contribution in [0.1, 0.15) is 13.3 Å². The van der Waals surface area contributed by atoms with Gasteiger partial charge in [0.25, 0.3) is 0 Å². The second kappa shape index (κ2) is 2.84. The molecule has 60 valence electrons. The van der Waals surface area contributed by atoms with Gasteiger partial charge in [-0.3, -0.25) is 0 Å². The van der Waals surface area contributed by atoms with Gasteiger partial charge in [-0.05, 0) is 6.92 Å². The summed E-state index contributed by atoms with van der Waals surface area (Å²) in [4.78, 5) is 0. The molecule has 5 N–H and O–H groups in total. The van der Waals surface area contributed by atoms with Crippen LogP contribution in [0, 0.1) is 0 Å². The van der Waals surface area contributed by atoms with Gasteiger partial charge >= 0.3 is 0 Å². The van der Waals surface area contributed by atoms with Gasteiger partial charge in [-0.2, -0.15) is 0 Å². The lowest BCUT2D eigenvalue weighted by Crippen LogP contribution is -2.71. The van der Waals surface area contributed by atoms with E-state index < -0.39 is 12.4 Å². The zero-order chi connectivity index (χ0) is 7.72. The molecule has 0 spiro atoms. The molecule has 1 saturated heterocycles. The lowest BCUT2D eigenvalue weighted by molar-refractivity contribution is -0.466. The summed E-state index contributed by atoms with van der Waals surface area (Å²) in [5, 5.41) is 18.1. The van der Waals surface area contributed by atoms with Gasteiger partial charge < -0.3 is 20.7 Å². The van der Waals surface area contributed by atoms with E-state index in [1.54, 1.807) is 0 Å². The van der Waals surface area contributed by atoms with Crippen LogP contribution in [-0.2, 0) is 4.74 Å². The van der Waals surface area contributed by atoms with Gasteiger partial charge in [0.1, 0.15) is 6.04 Å². The minimum Gasteiger partial charge on any atom is -0.382 e. The number of aliphatic hydroxyl groups excluding tert-OH is 2. The summed E-state index contributed by atoms with van der Waals surface area (Å²) >= 11 is 0. The number of aliphatic hydroxyl groups is 2. The number of hydrogen-bond acceptors (Lipinski definition) is 3. The van der Waals surface area contributed by atoms with E-state index in [1.807, 2.05) is 6.92 Å². The highest BCUT2D eigenvalue weighted by Gasteiger charge is 2.34. The second-order valence-corrected chi connectivity index (χ2v) is 2.82. The number of hydrogen-bond donors (Lipinski definition) is 3. The second-order valence-electron chi connectivity index (χ2n) is 2.82. The maximum Gasteiger partial charge on any atom is 0.187 e. The molecule has 0 aromatic heterocycles. The van der Waals surface area contributed by atoms with Crippen molar-refractivity contribution in [1.82, 2.24) is 0 Å². The molecule has 0 saturated carbocycles. The van der Waals surface area contributed by atoms with E-state index in [1.165, 1.54) is 0 Å². The van der Waals surface area contributed by atoms with Gasteiger partial charge in [-0.1, -0.05) is 0 Å². The normalized spacial score (nSPS) is 49.2. The first-order chi connectivity index (χ1) is 4.61. The van der Waals surface area contributed by atoms with Gasteiger partial charge in [0, 0.05) is 6.42 Å². The summed E-state index contributed by atoms with van der Waals surface area (Å²) in [5.41, 5.74) is 3.69. The fourth-order valence-corrected chi connectivity index (χ4v) is 1.17. The Morgan fingerprint density at radius 3 is 2.60 bits per heavy atom. The van der Waals surface area contributed by atoms with Crippen LogP contribution in [0.4, 0.5) is 0 Å². The quantitative estimate of drug-likeness (QED) is 0.375.